The number of nitrogens with zero attached hydrogens (tertiary/aromatic N) is 3. The fourth-order valence-electron chi connectivity index (χ4n) is 2.73. The number of piperidine rings is 1. The van der Waals surface area contributed by atoms with Crippen LogP contribution in [-0.2, 0) is 0 Å². The van der Waals surface area contributed by atoms with Crippen molar-refractivity contribution in [2.75, 3.05) is 31.1 Å². The molecule has 0 aliphatic carbocycles. The summed E-state index contributed by atoms with van der Waals surface area (Å²) in [7, 11) is 0. The van der Waals surface area contributed by atoms with E-state index in [2.05, 4.69) is 27.1 Å². The first-order valence-electron chi connectivity index (χ1n) is 8.13. The van der Waals surface area contributed by atoms with Crippen LogP contribution < -0.4 is 15.0 Å². The largest absolute Gasteiger partial charge is 0.475 e. The summed E-state index contributed by atoms with van der Waals surface area (Å²) in [6.45, 7) is 10.6. The number of rotatable bonds is 7. The van der Waals surface area contributed by atoms with Crippen LogP contribution in [0.25, 0.3) is 0 Å². The molecule has 5 nitrogen and oxygen atoms in total. The molecule has 1 atom stereocenters. The van der Waals surface area contributed by atoms with Crippen molar-refractivity contribution in [1.29, 1.82) is 0 Å². The summed E-state index contributed by atoms with van der Waals surface area (Å²) < 4.78 is 5.66. The van der Waals surface area contributed by atoms with Gasteiger partial charge in [0.2, 0.25) is 5.88 Å². The van der Waals surface area contributed by atoms with Crippen molar-refractivity contribution in [2.24, 2.45) is 5.92 Å². The van der Waals surface area contributed by atoms with Crippen LogP contribution in [0.3, 0.4) is 0 Å². The van der Waals surface area contributed by atoms with E-state index in [1.54, 1.807) is 6.33 Å². The van der Waals surface area contributed by atoms with E-state index in [1.807, 2.05) is 19.9 Å². The zero-order chi connectivity index (χ0) is 15.1. The lowest BCUT2D eigenvalue weighted by Crippen LogP contribution is -2.40. The zero-order valence-corrected chi connectivity index (χ0v) is 13.5. The summed E-state index contributed by atoms with van der Waals surface area (Å²) in [6.07, 6.45) is 5.46. The Morgan fingerprint density at radius 3 is 3.05 bits per heavy atom. The molecular weight excluding hydrogens is 264 g/mol. The summed E-state index contributed by atoms with van der Waals surface area (Å²) >= 11 is 0. The van der Waals surface area contributed by atoms with Gasteiger partial charge >= 0.3 is 0 Å². The molecule has 1 aliphatic heterocycles. The molecule has 0 bridgehead atoms. The third kappa shape index (κ3) is 5.16. The first-order valence-corrected chi connectivity index (χ1v) is 8.13. The molecular formula is C16H28N4O. The Balaban J connectivity index is 1.94. The van der Waals surface area contributed by atoms with E-state index in [0.717, 1.165) is 32.0 Å². The number of hydrogen-bond acceptors (Lipinski definition) is 5. The van der Waals surface area contributed by atoms with Gasteiger partial charge < -0.3 is 15.0 Å². The molecule has 0 aromatic carbocycles. The Morgan fingerprint density at radius 1 is 1.43 bits per heavy atom. The van der Waals surface area contributed by atoms with E-state index in [4.69, 9.17) is 4.74 Å². The Bertz CT molecular complexity index is 424. The molecule has 1 aliphatic rings. The van der Waals surface area contributed by atoms with Crippen molar-refractivity contribution in [2.45, 2.75) is 46.1 Å². The lowest BCUT2D eigenvalue weighted by Gasteiger charge is -2.33. The van der Waals surface area contributed by atoms with E-state index in [1.165, 1.54) is 19.3 Å². The quantitative estimate of drug-likeness (QED) is 0.782. The Labute approximate surface area is 128 Å². The van der Waals surface area contributed by atoms with Gasteiger partial charge in [0.25, 0.3) is 0 Å². The predicted molar refractivity (Wildman–Crippen MR) is 85.9 cm³/mol. The maximum atomic E-state index is 5.66. The van der Waals surface area contributed by atoms with Gasteiger partial charge in [0, 0.05) is 19.2 Å². The van der Waals surface area contributed by atoms with Gasteiger partial charge in [-0.2, -0.15) is 0 Å². The van der Waals surface area contributed by atoms with Crippen molar-refractivity contribution in [3.63, 3.8) is 0 Å². The molecule has 21 heavy (non-hydrogen) atoms. The molecule has 118 valence electrons. The number of anilines is 1. The monoisotopic (exact) mass is 292 g/mol. The van der Waals surface area contributed by atoms with Gasteiger partial charge in [-0.3, -0.25) is 0 Å². The average molecular weight is 292 g/mol. The second-order valence-electron chi connectivity index (χ2n) is 6.04. The van der Waals surface area contributed by atoms with Crippen LogP contribution in [0.4, 0.5) is 5.82 Å². The highest BCUT2D eigenvalue weighted by Crippen LogP contribution is 2.23. The lowest BCUT2D eigenvalue weighted by molar-refractivity contribution is 0.232. The predicted octanol–water partition coefficient (Wildman–Crippen LogP) is 2.48. The third-order valence-corrected chi connectivity index (χ3v) is 3.69. The van der Waals surface area contributed by atoms with Crippen LogP contribution in [0.15, 0.2) is 12.4 Å². The number of nitrogens with one attached hydrogen (secondary N) is 1. The minimum absolute atomic E-state index is 0.139. The topological polar surface area (TPSA) is 50.3 Å². The first-order chi connectivity index (χ1) is 10.2. The highest BCUT2D eigenvalue weighted by Gasteiger charge is 2.21. The lowest BCUT2D eigenvalue weighted by atomic mass is 9.98. The van der Waals surface area contributed by atoms with Crippen molar-refractivity contribution in [1.82, 2.24) is 15.3 Å². The van der Waals surface area contributed by atoms with Crippen molar-refractivity contribution in [3.05, 3.63) is 12.4 Å². The Hall–Kier alpha value is -1.36. The molecule has 0 spiro atoms. The summed E-state index contributed by atoms with van der Waals surface area (Å²) in [5.74, 6) is 2.36. The third-order valence-electron chi connectivity index (χ3n) is 3.69. The highest BCUT2D eigenvalue weighted by molar-refractivity contribution is 5.41. The van der Waals surface area contributed by atoms with Crippen LogP contribution in [0.1, 0.15) is 40.0 Å². The van der Waals surface area contributed by atoms with Crippen LogP contribution in [-0.4, -0.2) is 42.3 Å². The summed E-state index contributed by atoms with van der Waals surface area (Å²) in [4.78, 5) is 11.0. The van der Waals surface area contributed by atoms with Crippen LogP contribution >= 0.6 is 0 Å². The second kappa shape index (κ2) is 8.17. The molecule has 1 N–H and O–H groups in total. The smallest absolute Gasteiger partial charge is 0.218 e. The van der Waals surface area contributed by atoms with Gasteiger partial charge in [-0.05, 0) is 52.1 Å². The zero-order valence-electron chi connectivity index (χ0n) is 13.5. The standard InChI is InChI=1S/C16H28N4O/c1-4-7-17-10-14-6-5-8-20(11-14)15-9-16(19-12-18-15)21-13(2)3/h9,12-14,17H,4-8,10-11H2,1-3H3. The molecule has 1 fully saturated rings. The molecule has 2 heterocycles. The number of aromatic nitrogens is 2. The molecule has 2 rings (SSSR count). The Kier molecular flexibility index (Phi) is 6.23. The average Bonchev–Trinajstić information content (AvgIpc) is 2.47. The molecule has 1 aromatic heterocycles. The normalized spacial score (nSPS) is 19.0. The maximum Gasteiger partial charge on any atom is 0.218 e. The fourth-order valence-corrected chi connectivity index (χ4v) is 2.73. The summed E-state index contributed by atoms with van der Waals surface area (Å²) in [6, 6.07) is 1.96. The van der Waals surface area contributed by atoms with Crippen molar-refractivity contribution >= 4 is 5.82 Å². The van der Waals surface area contributed by atoms with Crippen molar-refractivity contribution < 1.29 is 4.74 Å². The molecule has 0 radical (unpaired) electrons. The Morgan fingerprint density at radius 2 is 2.29 bits per heavy atom. The van der Waals surface area contributed by atoms with E-state index in [0.29, 0.717) is 11.8 Å². The number of ether oxygens (including phenoxy) is 1. The van der Waals surface area contributed by atoms with Gasteiger partial charge in [-0.25, -0.2) is 9.97 Å². The SMILES string of the molecule is CCCNCC1CCCN(c2cc(OC(C)C)ncn2)C1. The minimum Gasteiger partial charge on any atom is -0.475 e. The minimum atomic E-state index is 0.139. The first kappa shape index (κ1) is 16.0. The van der Waals surface area contributed by atoms with Crippen LogP contribution in [0.2, 0.25) is 0 Å². The van der Waals surface area contributed by atoms with Crippen LogP contribution in [0.5, 0.6) is 5.88 Å². The number of hydrogen-bond donors (Lipinski definition) is 1. The van der Waals surface area contributed by atoms with E-state index >= 15 is 0 Å². The molecule has 0 saturated carbocycles. The van der Waals surface area contributed by atoms with Crippen molar-refractivity contribution in [3.8, 4) is 5.88 Å². The molecule has 5 heteroatoms. The molecule has 1 unspecified atom stereocenters. The molecule has 1 saturated heterocycles. The summed E-state index contributed by atoms with van der Waals surface area (Å²) in [5, 5.41) is 3.53. The highest BCUT2D eigenvalue weighted by atomic mass is 16.5. The van der Waals surface area contributed by atoms with Gasteiger partial charge in [-0.1, -0.05) is 6.92 Å². The maximum absolute atomic E-state index is 5.66. The second-order valence-corrected chi connectivity index (χ2v) is 6.04. The van der Waals surface area contributed by atoms with Gasteiger partial charge in [0.05, 0.1) is 6.10 Å². The van der Waals surface area contributed by atoms with Gasteiger partial charge in [0.1, 0.15) is 12.1 Å². The van der Waals surface area contributed by atoms with E-state index < -0.39 is 0 Å². The fraction of sp³-hybridized carbons (Fsp3) is 0.750. The summed E-state index contributed by atoms with van der Waals surface area (Å²) in [5.41, 5.74) is 0. The van der Waals surface area contributed by atoms with E-state index in [9.17, 15) is 0 Å². The van der Waals surface area contributed by atoms with Gasteiger partial charge in [0.15, 0.2) is 0 Å². The van der Waals surface area contributed by atoms with Crippen LogP contribution in [0, 0.1) is 5.92 Å². The van der Waals surface area contributed by atoms with Gasteiger partial charge in [-0.15, -0.1) is 0 Å². The van der Waals surface area contributed by atoms with E-state index in [-0.39, 0.29) is 6.10 Å². The molecule has 0 amide bonds. The molecule has 1 aromatic rings.